The Morgan fingerprint density at radius 1 is 1.28 bits per heavy atom. The average molecular weight is 338 g/mol. The van der Waals surface area contributed by atoms with Crippen molar-refractivity contribution in [3.05, 3.63) is 65.7 Å². The van der Waals surface area contributed by atoms with E-state index in [1.165, 1.54) is 6.26 Å². The number of carbonyl (C=O) groups excluding carboxylic acids is 1. The molecule has 0 bridgehead atoms. The van der Waals surface area contributed by atoms with E-state index >= 15 is 0 Å². The van der Waals surface area contributed by atoms with Crippen molar-refractivity contribution in [3.8, 4) is 11.3 Å². The molecule has 0 aliphatic rings. The summed E-state index contributed by atoms with van der Waals surface area (Å²) in [5.41, 5.74) is 9.13. The number of nitrogens with zero attached hydrogens (tertiary/aromatic N) is 2. The number of aromatic nitrogens is 2. The summed E-state index contributed by atoms with van der Waals surface area (Å²) >= 11 is 0. The van der Waals surface area contributed by atoms with Crippen LogP contribution in [0.2, 0.25) is 0 Å². The van der Waals surface area contributed by atoms with Gasteiger partial charge in [0, 0.05) is 24.8 Å². The second-order valence-electron chi connectivity index (χ2n) is 5.98. The highest BCUT2D eigenvalue weighted by atomic mass is 16.3. The van der Waals surface area contributed by atoms with Crippen LogP contribution in [0.1, 0.15) is 28.2 Å². The van der Waals surface area contributed by atoms with Gasteiger partial charge < -0.3 is 15.1 Å². The number of H-pyrrole nitrogens is 1. The number of hydrogen-bond acceptors (Lipinski definition) is 4. The van der Waals surface area contributed by atoms with Gasteiger partial charge in [0.05, 0.1) is 17.8 Å². The molecule has 1 aromatic carbocycles. The van der Waals surface area contributed by atoms with E-state index in [0.29, 0.717) is 24.4 Å². The van der Waals surface area contributed by atoms with Crippen LogP contribution < -0.4 is 5.73 Å². The molecule has 3 rings (SSSR count). The zero-order valence-corrected chi connectivity index (χ0v) is 14.2. The third-order valence-electron chi connectivity index (χ3n) is 4.09. The van der Waals surface area contributed by atoms with Crippen LogP contribution in [0.3, 0.4) is 0 Å². The summed E-state index contributed by atoms with van der Waals surface area (Å²) in [6.45, 7) is 0.947. The quantitative estimate of drug-likeness (QED) is 0.693. The minimum absolute atomic E-state index is 0.0574. The largest absolute Gasteiger partial charge is 0.467 e. The normalized spacial score (nSPS) is 10.8. The first-order valence-corrected chi connectivity index (χ1v) is 8.30. The van der Waals surface area contributed by atoms with Crippen molar-refractivity contribution < 1.29 is 9.21 Å². The number of furan rings is 1. The van der Waals surface area contributed by atoms with Crippen LogP contribution >= 0.6 is 0 Å². The molecule has 0 spiro atoms. The predicted octanol–water partition coefficient (Wildman–Crippen LogP) is 2.83. The molecule has 0 saturated carbocycles. The highest BCUT2D eigenvalue weighted by molar-refractivity contribution is 5.93. The molecule has 25 heavy (non-hydrogen) atoms. The fourth-order valence-electron chi connectivity index (χ4n) is 2.67. The average Bonchev–Trinajstić information content (AvgIpc) is 3.31. The molecule has 6 heteroatoms. The smallest absolute Gasteiger partial charge is 0.256 e. The third-order valence-corrected chi connectivity index (χ3v) is 4.09. The van der Waals surface area contributed by atoms with Gasteiger partial charge in [-0.2, -0.15) is 5.10 Å². The maximum Gasteiger partial charge on any atom is 0.256 e. The van der Waals surface area contributed by atoms with Gasteiger partial charge in [-0.1, -0.05) is 30.3 Å². The molecule has 0 unspecified atom stereocenters. The van der Waals surface area contributed by atoms with Gasteiger partial charge in [-0.25, -0.2) is 0 Å². The van der Waals surface area contributed by atoms with Crippen molar-refractivity contribution in [2.45, 2.75) is 19.4 Å². The van der Waals surface area contributed by atoms with E-state index in [0.717, 1.165) is 29.8 Å². The molecule has 6 nitrogen and oxygen atoms in total. The van der Waals surface area contributed by atoms with E-state index < -0.39 is 0 Å². The van der Waals surface area contributed by atoms with Crippen molar-refractivity contribution in [2.75, 3.05) is 13.6 Å². The summed E-state index contributed by atoms with van der Waals surface area (Å²) in [4.78, 5) is 14.0. The Hall–Kier alpha value is -2.86. The van der Waals surface area contributed by atoms with Gasteiger partial charge in [-0.3, -0.25) is 9.89 Å². The molecular formula is C19H22N4O2. The van der Waals surface area contributed by atoms with Crippen molar-refractivity contribution in [2.24, 2.45) is 5.73 Å². The van der Waals surface area contributed by atoms with Gasteiger partial charge in [0.2, 0.25) is 0 Å². The Bertz CT molecular complexity index is 823. The summed E-state index contributed by atoms with van der Waals surface area (Å²) in [5, 5.41) is 7.42. The van der Waals surface area contributed by atoms with E-state index in [4.69, 9.17) is 10.2 Å². The third kappa shape index (κ3) is 4.16. The summed E-state index contributed by atoms with van der Waals surface area (Å²) in [7, 11) is 1.79. The van der Waals surface area contributed by atoms with Gasteiger partial charge in [0.1, 0.15) is 12.0 Å². The van der Waals surface area contributed by atoms with E-state index in [1.807, 2.05) is 30.3 Å². The van der Waals surface area contributed by atoms with Crippen LogP contribution in [0, 0.1) is 0 Å². The zero-order valence-electron chi connectivity index (χ0n) is 14.2. The zero-order chi connectivity index (χ0) is 17.6. The Labute approximate surface area is 146 Å². The number of nitrogens with one attached hydrogen (secondary N) is 1. The lowest BCUT2D eigenvalue weighted by Gasteiger charge is -2.15. The number of aromatic amines is 1. The number of aryl methyl sites for hydroxylation is 1. The first kappa shape index (κ1) is 17.0. The molecule has 1 amide bonds. The van der Waals surface area contributed by atoms with Gasteiger partial charge in [-0.05, 0) is 25.0 Å². The monoisotopic (exact) mass is 338 g/mol. The van der Waals surface area contributed by atoms with Crippen LogP contribution in [-0.4, -0.2) is 34.6 Å². The fraction of sp³-hybridized carbons (Fsp3) is 0.263. The maximum absolute atomic E-state index is 12.3. The molecule has 0 aliphatic heterocycles. The molecule has 0 saturated heterocycles. The Kier molecular flexibility index (Phi) is 5.30. The van der Waals surface area contributed by atoms with Crippen LogP contribution in [0.15, 0.2) is 53.1 Å². The molecule has 3 N–H and O–H groups in total. The molecule has 3 aromatic rings. The first-order chi connectivity index (χ1) is 12.2. The number of hydrogen-bond donors (Lipinski definition) is 2. The lowest BCUT2D eigenvalue weighted by atomic mass is 10.1. The van der Waals surface area contributed by atoms with Crippen molar-refractivity contribution in [1.82, 2.24) is 15.1 Å². The van der Waals surface area contributed by atoms with E-state index in [9.17, 15) is 4.79 Å². The molecule has 0 fully saturated rings. The van der Waals surface area contributed by atoms with Gasteiger partial charge in [-0.15, -0.1) is 0 Å². The summed E-state index contributed by atoms with van der Waals surface area (Å²) < 4.78 is 5.22. The number of nitrogens with two attached hydrogens (primary N) is 1. The topological polar surface area (TPSA) is 88.2 Å². The number of rotatable bonds is 7. The standard InChI is InChI=1S/C19H22N4O2/c1-23(19(24)15-10-17(12-20)25-13-15)9-5-8-16-11-18(22-21-16)14-6-3-2-4-7-14/h2-4,6-7,10-11,13H,5,8-9,12,20H2,1H3,(H,21,22). The van der Waals surface area contributed by atoms with Crippen molar-refractivity contribution >= 4 is 5.91 Å². The Morgan fingerprint density at radius 3 is 2.80 bits per heavy atom. The Morgan fingerprint density at radius 2 is 2.08 bits per heavy atom. The van der Waals surface area contributed by atoms with Crippen LogP contribution in [0.5, 0.6) is 0 Å². The second-order valence-corrected chi connectivity index (χ2v) is 5.98. The van der Waals surface area contributed by atoms with Crippen molar-refractivity contribution in [3.63, 3.8) is 0 Å². The summed E-state index contributed by atoms with van der Waals surface area (Å²) in [5.74, 6) is 0.556. The van der Waals surface area contributed by atoms with E-state index in [2.05, 4.69) is 16.3 Å². The van der Waals surface area contributed by atoms with E-state index in [-0.39, 0.29) is 5.91 Å². The fourth-order valence-corrected chi connectivity index (χ4v) is 2.67. The minimum atomic E-state index is -0.0574. The summed E-state index contributed by atoms with van der Waals surface area (Å²) in [6.07, 6.45) is 3.14. The lowest BCUT2D eigenvalue weighted by Crippen LogP contribution is -2.27. The van der Waals surface area contributed by atoms with Crippen molar-refractivity contribution in [1.29, 1.82) is 0 Å². The van der Waals surface area contributed by atoms with Gasteiger partial charge in [0.15, 0.2) is 0 Å². The second kappa shape index (κ2) is 7.81. The number of benzene rings is 1. The predicted molar refractivity (Wildman–Crippen MR) is 95.9 cm³/mol. The highest BCUT2D eigenvalue weighted by Crippen LogP contribution is 2.17. The molecular weight excluding hydrogens is 316 g/mol. The molecule has 0 aliphatic carbocycles. The maximum atomic E-state index is 12.3. The number of amides is 1. The highest BCUT2D eigenvalue weighted by Gasteiger charge is 2.14. The number of carbonyl (C=O) groups is 1. The SMILES string of the molecule is CN(CCCc1cc(-c2ccccc2)n[nH]1)C(=O)c1coc(CN)c1. The van der Waals surface area contributed by atoms with E-state index in [1.54, 1.807) is 18.0 Å². The first-order valence-electron chi connectivity index (χ1n) is 8.30. The van der Waals surface area contributed by atoms with Gasteiger partial charge in [0.25, 0.3) is 5.91 Å². The van der Waals surface area contributed by atoms with Crippen LogP contribution in [-0.2, 0) is 13.0 Å². The van der Waals surface area contributed by atoms with Crippen LogP contribution in [0.4, 0.5) is 0 Å². The lowest BCUT2D eigenvalue weighted by molar-refractivity contribution is 0.0793. The van der Waals surface area contributed by atoms with Gasteiger partial charge >= 0.3 is 0 Å². The molecule has 0 atom stereocenters. The molecule has 130 valence electrons. The molecule has 2 aromatic heterocycles. The molecule has 2 heterocycles. The van der Waals surface area contributed by atoms with Crippen LogP contribution in [0.25, 0.3) is 11.3 Å². The molecule has 0 radical (unpaired) electrons. The Balaban J connectivity index is 1.51. The minimum Gasteiger partial charge on any atom is -0.467 e. The summed E-state index contributed by atoms with van der Waals surface area (Å²) in [6, 6.07) is 13.8.